The van der Waals surface area contributed by atoms with Crippen molar-refractivity contribution in [2.24, 2.45) is 5.41 Å². The van der Waals surface area contributed by atoms with Crippen LogP contribution in [0.4, 0.5) is 0 Å². The smallest absolute Gasteiger partial charge is 0.0840 e. The molecule has 3 heteroatoms. The molecular formula is C13H16BrNO. The predicted octanol–water partition coefficient (Wildman–Crippen LogP) is 3.29. The van der Waals surface area contributed by atoms with E-state index in [1.165, 1.54) is 0 Å². The molecular weight excluding hydrogens is 266 g/mol. The maximum atomic E-state index is 10.3. The standard InChI is InChI=1S/C13H16BrNO/c1-12(2,9-15)13(3,16)8-10-4-6-11(14)7-5-10/h4-7,16H,8H2,1-3H3. The van der Waals surface area contributed by atoms with Crippen LogP contribution < -0.4 is 0 Å². The van der Waals surface area contributed by atoms with E-state index in [0.717, 1.165) is 10.0 Å². The van der Waals surface area contributed by atoms with Crippen LogP contribution in [0.15, 0.2) is 28.7 Å². The molecule has 0 aromatic heterocycles. The molecule has 1 atom stereocenters. The van der Waals surface area contributed by atoms with Crippen LogP contribution in [0.2, 0.25) is 0 Å². The summed E-state index contributed by atoms with van der Waals surface area (Å²) >= 11 is 3.36. The average molecular weight is 282 g/mol. The van der Waals surface area contributed by atoms with Gasteiger partial charge in [-0.15, -0.1) is 0 Å². The highest BCUT2D eigenvalue weighted by atomic mass is 79.9. The van der Waals surface area contributed by atoms with Crippen molar-refractivity contribution in [3.63, 3.8) is 0 Å². The third-order valence-electron chi connectivity index (χ3n) is 3.09. The van der Waals surface area contributed by atoms with Crippen LogP contribution in [0.1, 0.15) is 26.3 Å². The Kier molecular flexibility index (Phi) is 3.77. The molecule has 0 fully saturated rings. The zero-order valence-corrected chi connectivity index (χ0v) is 11.4. The van der Waals surface area contributed by atoms with E-state index in [1.807, 2.05) is 24.3 Å². The minimum absolute atomic E-state index is 0.473. The number of nitrogens with zero attached hydrogens (tertiary/aromatic N) is 1. The average Bonchev–Trinajstić information content (AvgIpc) is 2.21. The molecule has 0 radical (unpaired) electrons. The quantitative estimate of drug-likeness (QED) is 0.924. The van der Waals surface area contributed by atoms with Gasteiger partial charge >= 0.3 is 0 Å². The number of hydrogen-bond acceptors (Lipinski definition) is 2. The minimum atomic E-state index is -1.03. The Bertz CT molecular complexity index is 401. The van der Waals surface area contributed by atoms with Gasteiger partial charge in [0.05, 0.1) is 17.1 Å². The van der Waals surface area contributed by atoms with E-state index in [9.17, 15) is 5.11 Å². The van der Waals surface area contributed by atoms with Crippen molar-refractivity contribution >= 4 is 15.9 Å². The Morgan fingerprint density at radius 1 is 1.25 bits per heavy atom. The summed E-state index contributed by atoms with van der Waals surface area (Å²) in [4.78, 5) is 0. The first-order valence-corrected chi connectivity index (χ1v) is 5.96. The highest BCUT2D eigenvalue weighted by Gasteiger charge is 2.39. The van der Waals surface area contributed by atoms with Crippen molar-refractivity contribution in [2.75, 3.05) is 0 Å². The van der Waals surface area contributed by atoms with Gasteiger partial charge in [-0.05, 0) is 38.5 Å². The molecule has 1 unspecified atom stereocenters. The van der Waals surface area contributed by atoms with E-state index < -0.39 is 11.0 Å². The molecule has 1 aromatic rings. The highest BCUT2D eigenvalue weighted by molar-refractivity contribution is 9.10. The monoisotopic (exact) mass is 281 g/mol. The molecule has 0 amide bonds. The Morgan fingerprint density at radius 2 is 1.75 bits per heavy atom. The van der Waals surface area contributed by atoms with Crippen LogP contribution in [0.5, 0.6) is 0 Å². The minimum Gasteiger partial charge on any atom is -0.388 e. The molecule has 0 aliphatic rings. The van der Waals surface area contributed by atoms with Gasteiger partial charge in [-0.3, -0.25) is 0 Å². The second kappa shape index (κ2) is 4.57. The van der Waals surface area contributed by atoms with Crippen molar-refractivity contribution in [3.05, 3.63) is 34.3 Å². The lowest BCUT2D eigenvalue weighted by atomic mass is 9.74. The Labute approximate surface area is 105 Å². The second-order valence-electron chi connectivity index (χ2n) is 4.81. The molecule has 0 aliphatic carbocycles. The molecule has 1 aromatic carbocycles. The Balaban J connectivity index is 2.89. The summed E-state index contributed by atoms with van der Waals surface area (Å²) in [5, 5.41) is 19.4. The lowest BCUT2D eigenvalue weighted by Crippen LogP contribution is -2.42. The van der Waals surface area contributed by atoms with Crippen LogP contribution >= 0.6 is 15.9 Å². The van der Waals surface area contributed by atoms with Crippen LogP contribution in [0.25, 0.3) is 0 Å². The third kappa shape index (κ3) is 2.84. The molecule has 1 N–H and O–H groups in total. The summed E-state index contributed by atoms with van der Waals surface area (Å²) in [5.41, 5.74) is -0.771. The zero-order valence-electron chi connectivity index (χ0n) is 9.79. The van der Waals surface area contributed by atoms with E-state index in [-0.39, 0.29) is 0 Å². The summed E-state index contributed by atoms with van der Waals surface area (Å²) in [7, 11) is 0. The molecule has 0 aliphatic heterocycles. The molecule has 1 rings (SSSR count). The zero-order chi connectivity index (χ0) is 12.4. The molecule has 0 spiro atoms. The van der Waals surface area contributed by atoms with E-state index >= 15 is 0 Å². The van der Waals surface area contributed by atoms with Gasteiger partial charge in [0, 0.05) is 10.9 Å². The SMILES string of the molecule is CC(C)(C#N)C(C)(O)Cc1ccc(Br)cc1. The molecule has 0 bridgehead atoms. The van der Waals surface area contributed by atoms with E-state index in [0.29, 0.717) is 6.42 Å². The van der Waals surface area contributed by atoms with Crippen molar-refractivity contribution < 1.29 is 5.11 Å². The van der Waals surface area contributed by atoms with Crippen LogP contribution in [0, 0.1) is 16.7 Å². The number of hydrogen-bond donors (Lipinski definition) is 1. The van der Waals surface area contributed by atoms with Gasteiger partial charge in [-0.2, -0.15) is 5.26 Å². The van der Waals surface area contributed by atoms with Gasteiger partial charge < -0.3 is 5.11 Å². The van der Waals surface area contributed by atoms with Crippen LogP contribution in [0.3, 0.4) is 0 Å². The first-order chi connectivity index (χ1) is 7.28. The number of benzene rings is 1. The summed E-state index contributed by atoms with van der Waals surface area (Å²) in [6, 6.07) is 9.93. The number of rotatable bonds is 3. The molecule has 16 heavy (non-hydrogen) atoms. The number of halogens is 1. The third-order valence-corrected chi connectivity index (χ3v) is 3.62. The first kappa shape index (κ1) is 13.2. The Hall–Kier alpha value is -0.850. The molecule has 2 nitrogen and oxygen atoms in total. The summed E-state index contributed by atoms with van der Waals surface area (Å²) < 4.78 is 1.01. The Morgan fingerprint density at radius 3 is 2.19 bits per heavy atom. The predicted molar refractivity (Wildman–Crippen MR) is 67.9 cm³/mol. The van der Waals surface area contributed by atoms with Crippen molar-refractivity contribution in [1.82, 2.24) is 0 Å². The second-order valence-corrected chi connectivity index (χ2v) is 5.73. The van der Waals surface area contributed by atoms with Crippen LogP contribution in [-0.4, -0.2) is 10.7 Å². The topological polar surface area (TPSA) is 44.0 Å². The number of nitriles is 1. The van der Waals surface area contributed by atoms with Gasteiger partial charge in [0.25, 0.3) is 0 Å². The fourth-order valence-electron chi connectivity index (χ4n) is 1.34. The molecule has 0 saturated heterocycles. The summed E-state index contributed by atoms with van der Waals surface area (Å²) in [6.07, 6.45) is 0.473. The van der Waals surface area contributed by atoms with Gasteiger partial charge in [-0.25, -0.2) is 0 Å². The van der Waals surface area contributed by atoms with Gasteiger partial charge in [0.15, 0.2) is 0 Å². The molecule has 0 heterocycles. The summed E-state index contributed by atoms with van der Waals surface area (Å²) in [6.45, 7) is 5.22. The summed E-state index contributed by atoms with van der Waals surface area (Å²) in [5.74, 6) is 0. The fourth-order valence-corrected chi connectivity index (χ4v) is 1.61. The maximum Gasteiger partial charge on any atom is 0.0840 e. The lowest BCUT2D eigenvalue weighted by Gasteiger charge is -2.34. The highest BCUT2D eigenvalue weighted by Crippen LogP contribution is 2.33. The maximum absolute atomic E-state index is 10.3. The van der Waals surface area contributed by atoms with Crippen molar-refractivity contribution in [2.45, 2.75) is 32.8 Å². The first-order valence-electron chi connectivity index (χ1n) is 5.16. The van der Waals surface area contributed by atoms with E-state index in [1.54, 1.807) is 20.8 Å². The van der Waals surface area contributed by atoms with Gasteiger partial charge in [0.1, 0.15) is 0 Å². The lowest BCUT2D eigenvalue weighted by molar-refractivity contribution is -0.0207. The number of aliphatic hydroxyl groups is 1. The van der Waals surface area contributed by atoms with Crippen LogP contribution in [-0.2, 0) is 6.42 Å². The normalized spacial score (nSPS) is 15.2. The van der Waals surface area contributed by atoms with E-state index in [4.69, 9.17) is 5.26 Å². The van der Waals surface area contributed by atoms with Crippen molar-refractivity contribution in [1.29, 1.82) is 5.26 Å². The fraction of sp³-hybridized carbons (Fsp3) is 0.462. The van der Waals surface area contributed by atoms with Crippen molar-refractivity contribution in [3.8, 4) is 6.07 Å². The van der Waals surface area contributed by atoms with Gasteiger partial charge in [-0.1, -0.05) is 28.1 Å². The molecule has 0 saturated carbocycles. The molecule has 86 valence electrons. The van der Waals surface area contributed by atoms with Gasteiger partial charge in [0.2, 0.25) is 0 Å². The largest absolute Gasteiger partial charge is 0.388 e. The van der Waals surface area contributed by atoms with E-state index in [2.05, 4.69) is 22.0 Å².